The molecule has 0 aromatic rings. The normalized spacial score (nSPS) is 13.0. The van der Waals surface area contributed by atoms with Crippen molar-refractivity contribution < 1.29 is 24.5 Å². The van der Waals surface area contributed by atoms with Crippen LogP contribution >= 0.6 is 0 Å². The lowest BCUT2D eigenvalue weighted by Gasteiger charge is -2.22. The van der Waals surface area contributed by atoms with Crippen molar-refractivity contribution in [3.63, 3.8) is 0 Å². The van der Waals surface area contributed by atoms with E-state index in [9.17, 15) is 19.8 Å². The first-order valence-electron chi connectivity index (χ1n) is 24.7. The van der Waals surface area contributed by atoms with Crippen molar-refractivity contribution in [2.75, 3.05) is 13.2 Å². The maximum absolute atomic E-state index is 12.4. The maximum atomic E-state index is 12.4. The number of hydrogen-bond donors (Lipinski definition) is 3. The number of ether oxygens (including phenoxy) is 1. The predicted octanol–water partition coefficient (Wildman–Crippen LogP) is 14.5. The fraction of sp³-hybridized carbons (Fsp3) is 0.843. The molecule has 0 aliphatic heterocycles. The van der Waals surface area contributed by atoms with E-state index in [4.69, 9.17) is 4.74 Å². The Kier molecular flexibility index (Phi) is 45.2. The van der Waals surface area contributed by atoms with E-state index in [-0.39, 0.29) is 18.5 Å². The standard InChI is InChI=1S/C51H95NO5/c1-3-5-7-9-11-13-15-16-17-18-19-22-25-29-33-37-41-45-51(56)57-46-42-38-34-30-26-23-20-21-24-28-32-36-40-44-50(55)52-48(47-53)49(54)43-39-35-31-27-14-12-10-8-6-4-2/h11,13,16-17,21,24,48-49,53-54H,3-10,12,14-15,18-20,22-23,25-47H2,1-2H3,(H,52,55)/b13-11-,17-16-,24-21-. The zero-order chi connectivity index (χ0) is 41.5. The smallest absolute Gasteiger partial charge is 0.305 e. The Bertz CT molecular complexity index is 931. The second-order valence-corrected chi connectivity index (χ2v) is 16.8. The van der Waals surface area contributed by atoms with Gasteiger partial charge in [-0.2, -0.15) is 0 Å². The second kappa shape index (κ2) is 46.8. The molecule has 0 rings (SSSR count). The van der Waals surface area contributed by atoms with Gasteiger partial charge in [0.1, 0.15) is 0 Å². The number of hydrogen-bond acceptors (Lipinski definition) is 5. The Hall–Kier alpha value is -1.92. The zero-order valence-corrected chi connectivity index (χ0v) is 37.8. The van der Waals surface area contributed by atoms with Crippen molar-refractivity contribution in [2.24, 2.45) is 0 Å². The lowest BCUT2D eigenvalue weighted by atomic mass is 10.0. The van der Waals surface area contributed by atoms with Crippen LogP contribution in [0.3, 0.4) is 0 Å². The molecule has 0 radical (unpaired) electrons. The van der Waals surface area contributed by atoms with Crippen LogP contribution in [0, 0.1) is 0 Å². The molecular weight excluding hydrogens is 707 g/mol. The van der Waals surface area contributed by atoms with Crippen LogP contribution in [-0.4, -0.2) is 47.4 Å². The lowest BCUT2D eigenvalue weighted by Crippen LogP contribution is -2.45. The van der Waals surface area contributed by atoms with E-state index in [0.29, 0.717) is 25.9 Å². The average Bonchev–Trinajstić information content (AvgIpc) is 3.21. The van der Waals surface area contributed by atoms with E-state index in [1.807, 2.05) is 0 Å². The Balaban J connectivity index is 3.49. The number of unbranched alkanes of at least 4 members (excludes halogenated alkanes) is 28. The van der Waals surface area contributed by atoms with E-state index >= 15 is 0 Å². The molecule has 2 atom stereocenters. The highest BCUT2D eigenvalue weighted by atomic mass is 16.5. The average molecular weight is 802 g/mol. The van der Waals surface area contributed by atoms with E-state index in [1.54, 1.807) is 0 Å². The number of aliphatic hydroxyl groups excluding tert-OH is 2. The van der Waals surface area contributed by atoms with Gasteiger partial charge in [-0.15, -0.1) is 0 Å². The highest BCUT2D eigenvalue weighted by Gasteiger charge is 2.20. The van der Waals surface area contributed by atoms with Crippen molar-refractivity contribution in [3.8, 4) is 0 Å². The monoisotopic (exact) mass is 802 g/mol. The summed E-state index contributed by atoms with van der Waals surface area (Å²) in [5, 5.41) is 23.1. The van der Waals surface area contributed by atoms with E-state index < -0.39 is 12.1 Å². The van der Waals surface area contributed by atoms with Gasteiger partial charge in [-0.3, -0.25) is 9.59 Å². The van der Waals surface area contributed by atoms with Gasteiger partial charge in [-0.05, 0) is 83.5 Å². The fourth-order valence-electron chi connectivity index (χ4n) is 7.31. The summed E-state index contributed by atoms with van der Waals surface area (Å²) < 4.78 is 5.45. The number of allylic oxidation sites excluding steroid dienone is 6. The number of aliphatic hydroxyl groups is 2. The van der Waals surface area contributed by atoms with Crippen molar-refractivity contribution in [2.45, 2.75) is 264 Å². The summed E-state index contributed by atoms with van der Waals surface area (Å²) in [5.41, 5.74) is 0. The van der Waals surface area contributed by atoms with Crippen LogP contribution in [0.4, 0.5) is 0 Å². The summed E-state index contributed by atoms with van der Waals surface area (Å²) in [4.78, 5) is 24.4. The van der Waals surface area contributed by atoms with Gasteiger partial charge in [-0.25, -0.2) is 0 Å². The van der Waals surface area contributed by atoms with Crippen molar-refractivity contribution >= 4 is 11.9 Å². The molecule has 1 amide bonds. The van der Waals surface area contributed by atoms with Crippen molar-refractivity contribution in [1.82, 2.24) is 5.32 Å². The van der Waals surface area contributed by atoms with Gasteiger partial charge in [0.05, 0.1) is 25.4 Å². The molecule has 0 spiro atoms. The maximum Gasteiger partial charge on any atom is 0.305 e. The molecule has 0 fully saturated rings. The van der Waals surface area contributed by atoms with Crippen LogP contribution in [0.2, 0.25) is 0 Å². The molecular formula is C51H95NO5. The minimum absolute atomic E-state index is 0.0213. The largest absolute Gasteiger partial charge is 0.466 e. The third kappa shape index (κ3) is 43.5. The molecule has 0 saturated carbocycles. The van der Waals surface area contributed by atoms with Crippen molar-refractivity contribution in [1.29, 1.82) is 0 Å². The third-order valence-corrected chi connectivity index (χ3v) is 11.2. The number of rotatable bonds is 45. The van der Waals surface area contributed by atoms with Gasteiger partial charge >= 0.3 is 5.97 Å². The Morgan fingerprint density at radius 3 is 1.40 bits per heavy atom. The molecule has 2 unspecified atom stereocenters. The topological polar surface area (TPSA) is 95.9 Å². The summed E-state index contributed by atoms with van der Waals surface area (Å²) in [6, 6.07) is -0.560. The van der Waals surface area contributed by atoms with Gasteiger partial charge in [0, 0.05) is 12.8 Å². The van der Waals surface area contributed by atoms with Crippen LogP contribution in [0.25, 0.3) is 0 Å². The molecule has 0 aromatic heterocycles. The summed E-state index contributed by atoms with van der Waals surface area (Å²) in [5.74, 6) is -0.0896. The van der Waals surface area contributed by atoms with Gasteiger partial charge in [0.2, 0.25) is 5.91 Å². The number of esters is 1. The molecule has 0 aromatic carbocycles. The number of nitrogens with one attached hydrogen (secondary N) is 1. The van der Waals surface area contributed by atoms with E-state index in [2.05, 4.69) is 55.6 Å². The molecule has 6 nitrogen and oxygen atoms in total. The number of carbonyl (C=O) groups excluding carboxylic acids is 2. The van der Waals surface area contributed by atoms with Gasteiger partial charge in [-0.1, -0.05) is 192 Å². The summed E-state index contributed by atoms with van der Waals surface area (Å²) in [7, 11) is 0. The van der Waals surface area contributed by atoms with Gasteiger partial charge in [0.15, 0.2) is 0 Å². The quantitative estimate of drug-likeness (QED) is 0.0324. The van der Waals surface area contributed by atoms with Crippen LogP contribution in [0.1, 0.15) is 251 Å². The first kappa shape index (κ1) is 55.1. The highest BCUT2D eigenvalue weighted by Crippen LogP contribution is 2.15. The van der Waals surface area contributed by atoms with Crippen LogP contribution in [0.15, 0.2) is 36.5 Å². The summed E-state index contributed by atoms with van der Waals surface area (Å²) >= 11 is 0. The number of amides is 1. The molecule has 334 valence electrons. The lowest BCUT2D eigenvalue weighted by molar-refractivity contribution is -0.143. The minimum Gasteiger partial charge on any atom is -0.466 e. The first-order chi connectivity index (χ1) is 28.0. The molecule has 0 heterocycles. The predicted molar refractivity (Wildman–Crippen MR) is 246 cm³/mol. The molecule has 0 aliphatic rings. The Morgan fingerprint density at radius 1 is 0.491 bits per heavy atom. The number of carbonyl (C=O) groups is 2. The van der Waals surface area contributed by atoms with E-state index in [0.717, 1.165) is 77.0 Å². The molecule has 0 saturated heterocycles. The Labute approximate surface area is 353 Å². The highest BCUT2D eigenvalue weighted by molar-refractivity contribution is 5.76. The van der Waals surface area contributed by atoms with Crippen LogP contribution < -0.4 is 5.32 Å². The third-order valence-electron chi connectivity index (χ3n) is 11.2. The van der Waals surface area contributed by atoms with Crippen LogP contribution in [0.5, 0.6) is 0 Å². The first-order valence-corrected chi connectivity index (χ1v) is 24.7. The second-order valence-electron chi connectivity index (χ2n) is 16.8. The molecule has 3 N–H and O–H groups in total. The summed E-state index contributed by atoms with van der Waals surface area (Å²) in [6.45, 7) is 4.85. The van der Waals surface area contributed by atoms with Gasteiger partial charge in [0.25, 0.3) is 0 Å². The van der Waals surface area contributed by atoms with Gasteiger partial charge < -0.3 is 20.3 Å². The molecule has 0 aliphatic carbocycles. The fourth-order valence-corrected chi connectivity index (χ4v) is 7.31. The van der Waals surface area contributed by atoms with Crippen molar-refractivity contribution in [3.05, 3.63) is 36.5 Å². The SMILES string of the molecule is CCCCC/C=C\C/C=C\CCCCCCCCCC(=O)OCCCCCCCC/C=C\CCCCCC(=O)NC(CO)C(O)CCCCCCCCCCCC. The molecule has 6 heteroatoms. The molecule has 57 heavy (non-hydrogen) atoms. The van der Waals surface area contributed by atoms with E-state index in [1.165, 1.54) is 141 Å². The molecule has 0 bridgehead atoms. The summed E-state index contributed by atoms with van der Waals surface area (Å²) in [6.07, 6.45) is 55.4. The van der Waals surface area contributed by atoms with Crippen LogP contribution in [-0.2, 0) is 14.3 Å². The Morgan fingerprint density at radius 2 is 0.877 bits per heavy atom. The minimum atomic E-state index is -0.680. The zero-order valence-electron chi connectivity index (χ0n) is 37.8.